The fraction of sp³-hybridized carbons (Fsp3) is 0.588. The Labute approximate surface area is 126 Å². The van der Waals surface area contributed by atoms with Gasteiger partial charge in [-0.25, -0.2) is 0 Å². The number of hydrogen-bond donors (Lipinski definition) is 1. The predicted octanol–water partition coefficient (Wildman–Crippen LogP) is 2.03. The molecule has 2 heterocycles. The Bertz CT molecular complexity index is 503. The largest absolute Gasteiger partial charge is 0.373 e. The molecule has 0 saturated carbocycles. The zero-order valence-corrected chi connectivity index (χ0v) is 12.5. The molecule has 1 saturated heterocycles. The third kappa shape index (κ3) is 3.11. The number of carbonyl (C=O) groups excluding carboxylic acids is 1. The number of fused-ring (bicyclic) bond motifs is 1. The molecule has 1 amide bonds. The summed E-state index contributed by atoms with van der Waals surface area (Å²) < 4.78 is 5.86. The number of piperidine rings is 1. The van der Waals surface area contributed by atoms with Crippen LogP contribution in [0.5, 0.6) is 0 Å². The average Bonchev–Trinajstić information content (AvgIpc) is 2.55. The third-order valence-corrected chi connectivity index (χ3v) is 4.67. The highest BCUT2D eigenvalue weighted by atomic mass is 16.5. The minimum atomic E-state index is -0.0946. The Balaban J connectivity index is 1.70. The second-order valence-electron chi connectivity index (χ2n) is 5.98. The summed E-state index contributed by atoms with van der Waals surface area (Å²) in [5.41, 5.74) is 8.31. The van der Waals surface area contributed by atoms with Crippen molar-refractivity contribution in [3.8, 4) is 0 Å². The zero-order chi connectivity index (χ0) is 14.7. The molecule has 0 unspecified atom stereocenters. The van der Waals surface area contributed by atoms with Gasteiger partial charge in [-0.15, -0.1) is 0 Å². The summed E-state index contributed by atoms with van der Waals surface area (Å²) in [5, 5.41) is 0. The van der Waals surface area contributed by atoms with Crippen LogP contribution in [0.25, 0.3) is 0 Å². The van der Waals surface area contributed by atoms with Crippen LogP contribution in [-0.4, -0.2) is 36.5 Å². The molecule has 4 nitrogen and oxygen atoms in total. The average molecular weight is 288 g/mol. The molecule has 0 spiro atoms. The Kier molecular flexibility index (Phi) is 4.56. The van der Waals surface area contributed by atoms with E-state index in [-0.39, 0.29) is 18.1 Å². The van der Waals surface area contributed by atoms with Crippen LogP contribution in [0.1, 0.15) is 42.9 Å². The van der Waals surface area contributed by atoms with Gasteiger partial charge in [-0.2, -0.15) is 0 Å². The molecule has 21 heavy (non-hydrogen) atoms. The second-order valence-corrected chi connectivity index (χ2v) is 5.98. The number of hydrogen-bond acceptors (Lipinski definition) is 3. The van der Waals surface area contributed by atoms with Crippen LogP contribution in [0.3, 0.4) is 0 Å². The number of carbonyl (C=O) groups is 1. The number of nitrogens with two attached hydrogens (primary N) is 1. The maximum atomic E-state index is 12.6. The number of ether oxygens (including phenoxy) is 1. The van der Waals surface area contributed by atoms with E-state index in [0.717, 1.165) is 25.8 Å². The van der Waals surface area contributed by atoms with Crippen molar-refractivity contribution in [2.24, 2.45) is 5.73 Å². The van der Waals surface area contributed by atoms with Gasteiger partial charge in [-0.1, -0.05) is 24.3 Å². The van der Waals surface area contributed by atoms with Gasteiger partial charge in [0.15, 0.2) is 0 Å². The van der Waals surface area contributed by atoms with Gasteiger partial charge in [0.05, 0.1) is 19.1 Å². The van der Waals surface area contributed by atoms with E-state index in [4.69, 9.17) is 10.5 Å². The van der Waals surface area contributed by atoms with Crippen LogP contribution in [0.4, 0.5) is 0 Å². The van der Waals surface area contributed by atoms with E-state index in [0.29, 0.717) is 19.6 Å². The van der Waals surface area contributed by atoms with Crippen LogP contribution >= 0.6 is 0 Å². The topological polar surface area (TPSA) is 55.6 Å². The van der Waals surface area contributed by atoms with Gasteiger partial charge in [0, 0.05) is 19.1 Å². The lowest BCUT2D eigenvalue weighted by Crippen LogP contribution is -2.47. The van der Waals surface area contributed by atoms with Crippen LogP contribution in [0.15, 0.2) is 24.3 Å². The van der Waals surface area contributed by atoms with Gasteiger partial charge in [0.1, 0.15) is 0 Å². The van der Waals surface area contributed by atoms with Crippen molar-refractivity contribution in [1.29, 1.82) is 0 Å². The molecule has 1 aromatic carbocycles. The molecule has 0 radical (unpaired) electrons. The summed E-state index contributed by atoms with van der Waals surface area (Å²) in [5.74, 6) is 0.187. The minimum absolute atomic E-state index is 0.0946. The van der Waals surface area contributed by atoms with Crippen LogP contribution in [-0.2, 0) is 16.0 Å². The molecule has 2 aliphatic rings. The lowest BCUT2D eigenvalue weighted by atomic mass is 9.94. The standard InChI is InChI=1S/C17H24N2O2/c18-12-14-6-3-4-9-19(14)17(20)11-16-15-7-2-1-5-13(15)8-10-21-16/h1-2,5,7,14,16H,3-4,6,8-12,18H2/t14-,16+/m0/s1. The minimum Gasteiger partial charge on any atom is -0.373 e. The predicted molar refractivity (Wildman–Crippen MR) is 81.9 cm³/mol. The summed E-state index contributed by atoms with van der Waals surface area (Å²) in [6.45, 7) is 2.11. The fourth-order valence-electron chi connectivity index (χ4n) is 3.50. The highest BCUT2D eigenvalue weighted by Gasteiger charge is 2.29. The number of nitrogens with zero attached hydrogens (tertiary/aromatic N) is 1. The molecular weight excluding hydrogens is 264 g/mol. The van der Waals surface area contributed by atoms with Crippen molar-refractivity contribution in [2.75, 3.05) is 19.7 Å². The Morgan fingerprint density at radius 3 is 3.05 bits per heavy atom. The van der Waals surface area contributed by atoms with Gasteiger partial charge in [-0.05, 0) is 36.8 Å². The van der Waals surface area contributed by atoms with Crippen molar-refractivity contribution >= 4 is 5.91 Å². The first kappa shape index (κ1) is 14.5. The lowest BCUT2D eigenvalue weighted by Gasteiger charge is -2.36. The van der Waals surface area contributed by atoms with E-state index in [1.807, 2.05) is 11.0 Å². The maximum absolute atomic E-state index is 12.6. The fourth-order valence-corrected chi connectivity index (χ4v) is 3.50. The SMILES string of the molecule is NC[C@@H]1CCCCN1C(=O)C[C@H]1OCCc2ccccc21. The zero-order valence-electron chi connectivity index (χ0n) is 12.5. The first-order chi connectivity index (χ1) is 10.3. The summed E-state index contributed by atoms with van der Waals surface area (Å²) in [6, 6.07) is 8.51. The maximum Gasteiger partial charge on any atom is 0.225 e. The molecular formula is C17H24N2O2. The van der Waals surface area contributed by atoms with E-state index >= 15 is 0 Å². The first-order valence-corrected chi connectivity index (χ1v) is 7.98. The molecule has 2 N–H and O–H groups in total. The van der Waals surface area contributed by atoms with Gasteiger partial charge < -0.3 is 15.4 Å². The number of benzene rings is 1. The number of likely N-dealkylation sites (tertiary alicyclic amines) is 1. The monoisotopic (exact) mass is 288 g/mol. The van der Waals surface area contributed by atoms with Crippen molar-refractivity contribution in [2.45, 2.75) is 44.2 Å². The van der Waals surface area contributed by atoms with E-state index in [1.165, 1.54) is 17.5 Å². The van der Waals surface area contributed by atoms with E-state index < -0.39 is 0 Å². The molecule has 4 heteroatoms. The molecule has 0 aromatic heterocycles. The van der Waals surface area contributed by atoms with E-state index in [1.54, 1.807) is 0 Å². The highest BCUT2D eigenvalue weighted by Crippen LogP contribution is 2.30. The van der Waals surface area contributed by atoms with Gasteiger partial charge in [0.2, 0.25) is 5.91 Å². The van der Waals surface area contributed by atoms with Crippen LogP contribution < -0.4 is 5.73 Å². The quantitative estimate of drug-likeness (QED) is 0.926. The molecule has 3 rings (SSSR count). The van der Waals surface area contributed by atoms with E-state index in [2.05, 4.69) is 18.2 Å². The third-order valence-electron chi connectivity index (χ3n) is 4.67. The summed E-state index contributed by atoms with van der Waals surface area (Å²) in [6.07, 6.45) is 4.58. The normalized spacial score (nSPS) is 25.5. The number of amides is 1. The Hall–Kier alpha value is -1.39. The Morgan fingerprint density at radius 2 is 2.19 bits per heavy atom. The van der Waals surface area contributed by atoms with E-state index in [9.17, 15) is 4.79 Å². The lowest BCUT2D eigenvalue weighted by molar-refractivity contribution is -0.138. The molecule has 2 aliphatic heterocycles. The van der Waals surface area contributed by atoms with Crippen molar-refractivity contribution in [3.05, 3.63) is 35.4 Å². The summed E-state index contributed by atoms with van der Waals surface area (Å²) >= 11 is 0. The van der Waals surface area contributed by atoms with Gasteiger partial charge in [-0.3, -0.25) is 4.79 Å². The molecule has 1 fully saturated rings. The van der Waals surface area contributed by atoms with Gasteiger partial charge >= 0.3 is 0 Å². The molecule has 2 atom stereocenters. The van der Waals surface area contributed by atoms with Crippen molar-refractivity contribution in [3.63, 3.8) is 0 Å². The summed E-state index contributed by atoms with van der Waals surface area (Å²) in [7, 11) is 0. The van der Waals surface area contributed by atoms with Gasteiger partial charge in [0.25, 0.3) is 0 Å². The van der Waals surface area contributed by atoms with Crippen molar-refractivity contribution in [1.82, 2.24) is 4.90 Å². The highest BCUT2D eigenvalue weighted by molar-refractivity contribution is 5.77. The molecule has 114 valence electrons. The summed E-state index contributed by atoms with van der Waals surface area (Å²) in [4.78, 5) is 14.6. The molecule has 0 bridgehead atoms. The molecule has 0 aliphatic carbocycles. The second kappa shape index (κ2) is 6.58. The smallest absolute Gasteiger partial charge is 0.225 e. The first-order valence-electron chi connectivity index (χ1n) is 7.98. The van der Waals surface area contributed by atoms with Crippen LogP contribution in [0, 0.1) is 0 Å². The van der Waals surface area contributed by atoms with Crippen molar-refractivity contribution < 1.29 is 9.53 Å². The Morgan fingerprint density at radius 1 is 1.33 bits per heavy atom. The number of rotatable bonds is 3. The van der Waals surface area contributed by atoms with Crippen LogP contribution in [0.2, 0.25) is 0 Å². The molecule has 1 aromatic rings.